The van der Waals surface area contributed by atoms with Crippen LogP contribution in [0.4, 0.5) is 0 Å². The summed E-state index contributed by atoms with van der Waals surface area (Å²) in [7, 11) is -6.89. The summed E-state index contributed by atoms with van der Waals surface area (Å²) >= 11 is 3.97. The van der Waals surface area contributed by atoms with Crippen LogP contribution >= 0.6 is 28.3 Å². The highest BCUT2D eigenvalue weighted by atomic mass is 32.1. The largest absolute Gasteiger partial charge is 0.472 e. The molecular formula is C16H36O13P2S. The second-order valence-corrected chi connectivity index (χ2v) is 9.22. The van der Waals surface area contributed by atoms with Crippen molar-refractivity contribution in [2.45, 2.75) is 6.42 Å². The van der Waals surface area contributed by atoms with E-state index in [-0.39, 0.29) is 33.0 Å². The molecule has 0 aromatic rings. The molecule has 13 nitrogen and oxygen atoms in total. The molecule has 0 aliphatic heterocycles. The van der Waals surface area contributed by atoms with Gasteiger partial charge in [-0.3, -0.25) is 18.1 Å². The van der Waals surface area contributed by atoms with E-state index in [9.17, 15) is 14.0 Å². The zero-order valence-electron chi connectivity index (χ0n) is 18.3. The minimum absolute atomic E-state index is 0.0553. The predicted octanol–water partition coefficient (Wildman–Crippen LogP) is 1.29. The molecule has 0 aliphatic carbocycles. The lowest BCUT2D eigenvalue weighted by Gasteiger charge is -2.12. The summed E-state index contributed by atoms with van der Waals surface area (Å²) in [6.45, 7) is 3.22. The number of hydrogen-bond donors (Lipinski definition) is 3. The van der Waals surface area contributed by atoms with E-state index in [4.69, 9.17) is 37.6 Å². The molecule has 32 heavy (non-hydrogen) atoms. The maximum atomic E-state index is 11.5. The minimum Gasteiger partial charge on any atom is -0.377 e. The standard InChI is InChI=1S/C16H36O13P2S/c1-21-30(17,18)28-14-12-25-10-8-23-6-4-22-5-7-24-9-11-26-13-15-29-31(19,20)27-3-2-16-32/h32H,2-16H2,1H3,(H,17,18)(H,19,20). The van der Waals surface area contributed by atoms with Crippen molar-refractivity contribution in [3.8, 4) is 0 Å². The van der Waals surface area contributed by atoms with Crippen LogP contribution in [0.5, 0.6) is 0 Å². The predicted molar refractivity (Wildman–Crippen MR) is 117 cm³/mol. The Kier molecular flexibility index (Phi) is 22.1. The molecule has 0 spiro atoms. The fourth-order valence-electron chi connectivity index (χ4n) is 1.74. The van der Waals surface area contributed by atoms with Gasteiger partial charge < -0.3 is 33.5 Å². The lowest BCUT2D eigenvalue weighted by molar-refractivity contribution is -0.0154. The summed E-state index contributed by atoms with van der Waals surface area (Å²) in [6, 6.07) is 0. The van der Waals surface area contributed by atoms with Gasteiger partial charge in [-0.1, -0.05) is 0 Å². The van der Waals surface area contributed by atoms with Crippen LogP contribution in [0.15, 0.2) is 0 Å². The van der Waals surface area contributed by atoms with Crippen LogP contribution in [-0.2, 0) is 50.9 Å². The molecule has 0 aliphatic rings. The van der Waals surface area contributed by atoms with Crippen molar-refractivity contribution in [3.63, 3.8) is 0 Å². The Morgan fingerprint density at radius 3 is 1.22 bits per heavy atom. The molecule has 0 aromatic carbocycles. The number of phosphoric acid groups is 2. The van der Waals surface area contributed by atoms with Crippen LogP contribution in [0.1, 0.15) is 6.42 Å². The summed E-state index contributed by atoms with van der Waals surface area (Å²) in [6.07, 6.45) is 0.557. The van der Waals surface area contributed by atoms with Crippen molar-refractivity contribution < 1.29 is 60.7 Å². The van der Waals surface area contributed by atoms with Crippen LogP contribution in [-0.4, -0.2) is 109 Å². The van der Waals surface area contributed by atoms with Gasteiger partial charge in [-0.2, -0.15) is 12.6 Å². The van der Waals surface area contributed by atoms with Gasteiger partial charge >= 0.3 is 15.6 Å². The highest BCUT2D eigenvalue weighted by molar-refractivity contribution is 7.80. The summed E-state index contributed by atoms with van der Waals surface area (Å²) in [5.41, 5.74) is 0. The maximum Gasteiger partial charge on any atom is 0.472 e. The van der Waals surface area contributed by atoms with E-state index in [0.717, 1.165) is 7.11 Å². The van der Waals surface area contributed by atoms with Crippen molar-refractivity contribution >= 4 is 28.3 Å². The Bertz CT molecular complexity index is 514. The Morgan fingerprint density at radius 1 is 0.562 bits per heavy atom. The van der Waals surface area contributed by atoms with Gasteiger partial charge in [0.2, 0.25) is 0 Å². The van der Waals surface area contributed by atoms with Crippen LogP contribution in [0.2, 0.25) is 0 Å². The normalized spacial score (nSPS) is 15.5. The first-order valence-electron chi connectivity index (χ1n) is 9.97. The first-order chi connectivity index (χ1) is 15.3. The van der Waals surface area contributed by atoms with Gasteiger partial charge in [0, 0.05) is 7.11 Å². The molecule has 0 fully saturated rings. The Morgan fingerprint density at radius 2 is 0.875 bits per heavy atom. The third-order valence-corrected chi connectivity index (χ3v) is 5.54. The average Bonchev–Trinajstić information content (AvgIpc) is 2.75. The highest BCUT2D eigenvalue weighted by Gasteiger charge is 2.20. The highest BCUT2D eigenvalue weighted by Crippen LogP contribution is 2.43. The van der Waals surface area contributed by atoms with E-state index in [1.807, 2.05) is 0 Å². The second-order valence-electron chi connectivity index (χ2n) is 5.76. The number of phosphoric ester groups is 2. The van der Waals surface area contributed by atoms with Crippen molar-refractivity contribution in [3.05, 3.63) is 0 Å². The van der Waals surface area contributed by atoms with Gasteiger partial charge in [0.15, 0.2) is 0 Å². The first-order valence-corrected chi connectivity index (χ1v) is 13.6. The van der Waals surface area contributed by atoms with E-state index in [0.29, 0.717) is 65.0 Å². The number of ether oxygens (including phenoxy) is 5. The molecular weight excluding hydrogens is 494 g/mol. The molecule has 0 rings (SSSR count). The van der Waals surface area contributed by atoms with Gasteiger partial charge in [-0.25, -0.2) is 9.13 Å². The van der Waals surface area contributed by atoms with Crippen molar-refractivity contribution in [2.75, 3.05) is 98.8 Å². The number of hydrogen-bond acceptors (Lipinski definition) is 12. The third-order valence-electron chi connectivity index (χ3n) is 3.24. The second kappa shape index (κ2) is 21.9. The van der Waals surface area contributed by atoms with E-state index in [1.165, 1.54) is 0 Å². The SMILES string of the molecule is COP(=O)(O)OCCOCCOCCOCCOCCOCCOP(=O)(O)OCCCS. The van der Waals surface area contributed by atoms with Gasteiger partial charge in [0.25, 0.3) is 0 Å². The summed E-state index contributed by atoms with van der Waals surface area (Å²) in [5, 5.41) is 0. The molecule has 0 saturated heterocycles. The molecule has 0 radical (unpaired) electrons. The topological polar surface area (TPSA) is 158 Å². The molecule has 2 unspecified atom stereocenters. The van der Waals surface area contributed by atoms with Gasteiger partial charge in [-0.15, -0.1) is 0 Å². The molecule has 2 N–H and O–H groups in total. The first kappa shape index (κ1) is 32.4. The Balaban J connectivity index is 3.22. The zero-order chi connectivity index (χ0) is 24.0. The third kappa shape index (κ3) is 23.5. The van der Waals surface area contributed by atoms with E-state index < -0.39 is 15.6 Å². The number of rotatable bonds is 25. The summed E-state index contributed by atoms with van der Waals surface area (Å²) in [5.74, 6) is 0.560. The molecule has 16 heteroatoms. The molecule has 0 saturated carbocycles. The zero-order valence-corrected chi connectivity index (χ0v) is 21.0. The van der Waals surface area contributed by atoms with E-state index >= 15 is 0 Å². The molecule has 0 bridgehead atoms. The lowest BCUT2D eigenvalue weighted by atomic mass is 10.5. The quantitative estimate of drug-likeness (QED) is 0.0882. The van der Waals surface area contributed by atoms with Crippen molar-refractivity contribution in [1.82, 2.24) is 0 Å². The number of thiol groups is 1. The molecule has 0 aromatic heterocycles. The lowest BCUT2D eigenvalue weighted by Crippen LogP contribution is -2.14. The van der Waals surface area contributed by atoms with Crippen LogP contribution in [0.3, 0.4) is 0 Å². The van der Waals surface area contributed by atoms with Crippen LogP contribution in [0, 0.1) is 0 Å². The maximum absolute atomic E-state index is 11.5. The van der Waals surface area contributed by atoms with E-state index in [1.54, 1.807) is 0 Å². The molecule has 194 valence electrons. The van der Waals surface area contributed by atoms with Gasteiger partial charge in [-0.05, 0) is 12.2 Å². The minimum atomic E-state index is -4.03. The summed E-state index contributed by atoms with van der Waals surface area (Å²) in [4.78, 5) is 18.3. The average molecular weight is 530 g/mol. The van der Waals surface area contributed by atoms with Crippen LogP contribution < -0.4 is 0 Å². The Labute approximate surface area is 194 Å². The molecule has 0 amide bonds. The summed E-state index contributed by atoms with van der Waals surface area (Å²) < 4.78 is 67.1. The van der Waals surface area contributed by atoms with Crippen LogP contribution in [0.25, 0.3) is 0 Å². The monoisotopic (exact) mass is 530 g/mol. The molecule has 2 atom stereocenters. The van der Waals surface area contributed by atoms with Crippen molar-refractivity contribution in [1.29, 1.82) is 0 Å². The van der Waals surface area contributed by atoms with Gasteiger partial charge in [0.05, 0.1) is 85.9 Å². The molecule has 0 heterocycles. The fraction of sp³-hybridized carbons (Fsp3) is 1.00. The van der Waals surface area contributed by atoms with Crippen molar-refractivity contribution in [2.24, 2.45) is 0 Å². The smallest absolute Gasteiger partial charge is 0.377 e. The fourth-order valence-corrected chi connectivity index (χ4v) is 3.02. The van der Waals surface area contributed by atoms with Gasteiger partial charge in [0.1, 0.15) is 0 Å². The Hall–Kier alpha value is 0.370. The van der Waals surface area contributed by atoms with E-state index in [2.05, 4.69) is 21.7 Å².